The summed E-state index contributed by atoms with van der Waals surface area (Å²) in [7, 11) is 2.15. The summed E-state index contributed by atoms with van der Waals surface area (Å²) in [4.78, 5) is 17.2. The van der Waals surface area contributed by atoms with Gasteiger partial charge in [-0.1, -0.05) is 27.2 Å². The van der Waals surface area contributed by atoms with Gasteiger partial charge in [0.2, 0.25) is 0 Å². The molecule has 0 aromatic carbocycles. The second-order valence-electron chi connectivity index (χ2n) is 10.3. The van der Waals surface area contributed by atoms with E-state index in [1.54, 1.807) is 10.7 Å². The molecule has 4 rings (SSSR count). The summed E-state index contributed by atoms with van der Waals surface area (Å²) in [6.07, 6.45) is 4.56. The second kappa shape index (κ2) is 9.67. The lowest BCUT2D eigenvalue weighted by atomic mass is 9.92. The number of hydrogen-bond donors (Lipinski definition) is 1. The maximum atomic E-state index is 12.4. The third-order valence-electron chi connectivity index (χ3n) is 6.63. The summed E-state index contributed by atoms with van der Waals surface area (Å²) in [5.74, 6) is 0.861. The molecule has 2 aliphatic rings. The molecular formula is C24H37N7O. The van der Waals surface area contributed by atoms with Gasteiger partial charge in [0.25, 0.3) is 5.56 Å². The molecular weight excluding hydrogens is 402 g/mol. The Morgan fingerprint density at radius 2 is 1.97 bits per heavy atom. The number of likely N-dealkylation sites (tertiary alicyclic amines) is 1. The number of fused-ring (bicyclic) bond motifs is 1. The number of piperidine rings is 1. The summed E-state index contributed by atoms with van der Waals surface area (Å²) in [5.41, 5.74) is 3.26. The van der Waals surface area contributed by atoms with Crippen molar-refractivity contribution in [2.24, 2.45) is 0 Å². The van der Waals surface area contributed by atoms with Crippen molar-refractivity contribution in [2.45, 2.75) is 71.0 Å². The van der Waals surface area contributed by atoms with Gasteiger partial charge < -0.3 is 10.2 Å². The normalized spacial score (nSPS) is 20.2. The average molecular weight is 440 g/mol. The van der Waals surface area contributed by atoms with Crippen LogP contribution in [-0.2, 0) is 24.9 Å². The van der Waals surface area contributed by atoms with Crippen molar-refractivity contribution in [3.63, 3.8) is 0 Å². The molecule has 8 heteroatoms. The predicted octanol–water partition coefficient (Wildman–Crippen LogP) is 2.29. The first-order valence-corrected chi connectivity index (χ1v) is 11.9. The van der Waals surface area contributed by atoms with Crippen molar-refractivity contribution in [1.82, 2.24) is 29.8 Å². The van der Waals surface area contributed by atoms with Crippen LogP contribution in [0.2, 0.25) is 0 Å². The fraction of sp³-hybridized carbons (Fsp3) is 0.667. The van der Waals surface area contributed by atoms with E-state index in [2.05, 4.69) is 64.3 Å². The largest absolute Gasteiger partial charge is 0.367 e. The van der Waals surface area contributed by atoms with Crippen molar-refractivity contribution < 1.29 is 0 Å². The number of nitrogens with one attached hydrogen (secondary N) is 1. The third kappa shape index (κ3) is 5.53. The zero-order chi connectivity index (χ0) is 22.7. The highest BCUT2D eigenvalue weighted by Crippen LogP contribution is 2.21. The van der Waals surface area contributed by atoms with Gasteiger partial charge in [0.15, 0.2) is 0 Å². The summed E-state index contributed by atoms with van der Waals surface area (Å²) >= 11 is 0. The van der Waals surface area contributed by atoms with Crippen molar-refractivity contribution in [2.75, 3.05) is 38.5 Å². The van der Waals surface area contributed by atoms with Crippen LogP contribution in [0.3, 0.4) is 0 Å². The molecule has 0 amide bonds. The van der Waals surface area contributed by atoms with Gasteiger partial charge in [-0.2, -0.15) is 10.2 Å². The Labute approximate surface area is 191 Å². The molecule has 1 unspecified atom stereocenters. The Balaban J connectivity index is 1.38. The van der Waals surface area contributed by atoms with Gasteiger partial charge in [0.05, 0.1) is 17.9 Å². The van der Waals surface area contributed by atoms with Gasteiger partial charge in [0.1, 0.15) is 5.82 Å². The minimum absolute atomic E-state index is 0.0287. The average Bonchev–Trinajstić information content (AvgIpc) is 2.76. The number of nitrogens with zero attached hydrogens (tertiary/aromatic N) is 6. The quantitative estimate of drug-likeness (QED) is 0.740. The monoisotopic (exact) mass is 439 g/mol. The van der Waals surface area contributed by atoms with E-state index < -0.39 is 0 Å². The van der Waals surface area contributed by atoms with Crippen LogP contribution in [-0.4, -0.2) is 69.0 Å². The lowest BCUT2D eigenvalue weighted by Crippen LogP contribution is -2.46. The van der Waals surface area contributed by atoms with Crippen molar-refractivity contribution >= 4 is 5.82 Å². The maximum Gasteiger partial charge on any atom is 0.266 e. The number of aromatic nitrogens is 4. The van der Waals surface area contributed by atoms with E-state index in [4.69, 9.17) is 0 Å². The molecule has 2 aromatic rings. The van der Waals surface area contributed by atoms with Crippen molar-refractivity contribution in [1.29, 1.82) is 0 Å². The third-order valence-corrected chi connectivity index (χ3v) is 6.63. The Kier molecular flexibility index (Phi) is 6.90. The molecule has 1 fully saturated rings. The summed E-state index contributed by atoms with van der Waals surface area (Å²) < 4.78 is 1.63. The molecule has 0 bridgehead atoms. The van der Waals surface area contributed by atoms with Crippen LogP contribution in [0.15, 0.2) is 23.0 Å². The van der Waals surface area contributed by atoms with Gasteiger partial charge in [-0.15, -0.1) is 5.10 Å². The molecule has 4 heterocycles. The Morgan fingerprint density at radius 1 is 1.12 bits per heavy atom. The molecule has 0 saturated carbocycles. The standard InChI is InChI=1S/C24H37N7O/c1-24(2,3)21-8-9-23(32)31(28-21)14-13-30-11-6-5-7-19(30)16-25-22-15-18-17-29(4)12-10-20(18)26-27-22/h8-9,15,19H,5-7,10-14,16-17H2,1-4H3,(H,25,27). The van der Waals surface area contributed by atoms with Crippen LogP contribution in [0.5, 0.6) is 0 Å². The maximum absolute atomic E-state index is 12.4. The molecule has 0 aliphatic carbocycles. The number of anilines is 1. The first-order chi connectivity index (χ1) is 15.3. The van der Waals surface area contributed by atoms with E-state index in [9.17, 15) is 4.79 Å². The van der Waals surface area contributed by atoms with Crippen LogP contribution >= 0.6 is 0 Å². The van der Waals surface area contributed by atoms with E-state index in [0.29, 0.717) is 12.6 Å². The van der Waals surface area contributed by atoms with Gasteiger partial charge in [-0.25, -0.2) is 4.68 Å². The first-order valence-electron chi connectivity index (χ1n) is 11.9. The fourth-order valence-corrected chi connectivity index (χ4v) is 4.60. The van der Waals surface area contributed by atoms with E-state index in [1.165, 1.54) is 18.4 Å². The van der Waals surface area contributed by atoms with E-state index in [0.717, 1.165) is 62.8 Å². The lowest BCUT2D eigenvalue weighted by Gasteiger charge is -2.36. The summed E-state index contributed by atoms with van der Waals surface area (Å²) in [6, 6.07) is 6.08. The summed E-state index contributed by atoms with van der Waals surface area (Å²) in [6.45, 7) is 11.7. The molecule has 8 nitrogen and oxygen atoms in total. The van der Waals surface area contributed by atoms with Crippen LogP contribution in [0.25, 0.3) is 0 Å². The minimum atomic E-state index is -0.0717. The Bertz CT molecular complexity index is 981. The summed E-state index contributed by atoms with van der Waals surface area (Å²) in [5, 5.41) is 17.0. The zero-order valence-corrected chi connectivity index (χ0v) is 20.0. The molecule has 2 aromatic heterocycles. The van der Waals surface area contributed by atoms with Crippen LogP contribution in [0.4, 0.5) is 5.82 Å². The molecule has 0 spiro atoms. The van der Waals surface area contributed by atoms with E-state index in [1.807, 2.05) is 6.07 Å². The molecule has 1 atom stereocenters. The highest BCUT2D eigenvalue weighted by molar-refractivity contribution is 5.39. The lowest BCUT2D eigenvalue weighted by molar-refractivity contribution is 0.147. The van der Waals surface area contributed by atoms with Gasteiger partial charge in [-0.3, -0.25) is 9.69 Å². The minimum Gasteiger partial charge on any atom is -0.367 e. The second-order valence-corrected chi connectivity index (χ2v) is 10.3. The van der Waals surface area contributed by atoms with Gasteiger partial charge in [0, 0.05) is 50.1 Å². The van der Waals surface area contributed by atoms with Gasteiger partial charge >= 0.3 is 0 Å². The highest BCUT2D eigenvalue weighted by atomic mass is 16.1. The molecule has 1 N–H and O–H groups in total. The molecule has 0 radical (unpaired) electrons. The van der Waals surface area contributed by atoms with Crippen molar-refractivity contribution in [3.8, 4) is 0 Å². The van der Waals surface area contributed by atoms with Crippen LogP contribution in [0, 0.1) is 0 Å². The Hall–Kier alpha value is -2.32. The molecule has 1 saturated heterocycles. The predicted molar refractivity (Wildman–Crippen MR) is 127 cm³/mol. The van der Waals surface area contributed by atoms with Gasteiger partial charge in [-0.05, 0) is 44.1 Å². The molecule has 174 valence electrons. The van der Waals surface area contributed by atoms with E-state index in [-0.39, 0.29) is 11.0 Å². The number of likely N-dealkylation sites (N-methyl/N-ethyl adjacent to an activating group) is 1. The molecule has 32 heavy (non-hydrogen) atoms. The van der Waals surface area contributed by atoms with Crippen LogP contribution in [0.1, 0.15) is 57.0 Å². The Morgan fingerprint density at radius 3 is 2.78 bits per heavy atom. The molecule has 2 aliphatic heterocycles. The van der Waals surface area contributed by atoms with E-state index >= 15 is 0 Å². The smallest absolute Gasteiger partial charge is 0.266 e. The first kappa shape index (κ1) is 22.9. The fourth-order valence-electron chi connectivity index (χ4n) is 4.60. The van der Waals surface area contributed by atoms with Crippen molar-refractivity contribution in [3.05, 3.63) is 45.5 Å². The van der Waals surface area contributed by atoms with Crippen LogP contribution < -0.4 is 10.9 Å². The highest BCUT2D eigenvalue weighted by Gasteiger charge is 2.23. The number of hydrogen-bond acceptors (Lipinski definition) is 7. The number of rotatable bonds is 6. The zero-order valence-electron chi connectivity index (χ0n) is 20.0. The SMILES string of the molecule is CN1CCc2nnc(NCC3CCCCN3CCn3nc(C(C)(C)C)ccc3=O)cc2C1. The topological polar surface area (TPSA) is 79.2 Å².